The lowest BCUT2D eigenvalue weighted by atomic mass is 10.1. The van der Waals surface area contributed by atoms with E-state index in [1.807, 2.05) is 0 Å². The van der Waals surface area contributed by atoms with E-state index in [0.717, 1.165) is 19.6 Å². The molecule has 1 fully saturated rings. The third-order valence-corrected chi connectivity index (χ3v) is 3.76. The van der Waals surface area contributed by atoms with Gasteiger partial charge in [-0.25, -0.2) is 0 Å². The Kier molecular flexibility index (Phi) is 4.44. The molecule has 2 unspecified atom stereocenters. The second-order valence-corrected chi connectivity index (χ2v) is 5.83. The molecule has 3 heteroatoms. The van der Waals surface area contributed by atoms with E-state index < -0.39 is 0 Å². The van der Waals surface area contributed by atoms with Crippen molar-refractivity contribution in [3.63, 3.8) is 0 Å². The number of hydrogen-bond donors (Lipinski definition) is 0. The highest BCUT2D eigenvalue weighted by Gasteiger charge is 2.26. The van der Waals surface area contributed by atoms with Crippen molar-refractivity contribution in [3.8, 4) is 6.07 Å². The molecule has 1 aliphatic heterocycles. The van der Waals surface area contributed by atoms with Crippen LogP contribution in [0.1, 0.15) is 18.9 Å². The molecule has 19 heavy (non-hydrogen) atoms. The van der Waals surface area contributed by atoms with Crippen LogP contribution >= 0.6 is 0 Å². The number of nitriles is 1. The van der Waals surface area contributed by atoms with Crippen molar-refractivity contribution in [2.24, 2.45) is 5.92 Å². The minimum Gasteiger partial charge on any atom is -0.366 e. The maximum atomic E-state index is 9.09. The van der Waals surface area contributed by atoms with Crippen molar-refractivity contribution < 1.29 is 0 Å². The SMILES string of the molecule is Cc1cccc(N2CC(C)CN(C)CC2CC#N)c1. The summed E-state index contributed by atoms with van der Waals surface area (Å²) in [4.78, 5) is 4.77. The van der Waals surface area contributed by atoms with Gasteiger partial charge in [-0.3, -0.25) is 0 Å². The minimum absolute atomic E-state index is 0.293. The predicted octanol–water partition coefficient (Wildman–Crippen LogP) is 2.67. The smallest absolute Gasteiger partial charge is 0.0643 e. The third kappa shape index (κ3) is 3.48. The van der Waals surface area contributed by atoms with E-state index in [0.29, 0.717) is 18.4 Å². The van der Waals surface area contributed by atoms with E-state index in [9.17, 15) is 0 Å². The highest BCUT2D eigenvalue weighted by molar-refractivity contribution is 5.50. The van der Waals surface area contributed by atoms with E-state index >= 15 is 0 Å². The second kappa shape index (κ2) is 6.08. The van der Waals surface area contributed by atoms with Crippen molar-refractivity contribution in [3.05, 3.63) is 29.8 Å². The Hall–Kier alpha value is -1.53. The maximum Gasteiger partial charge on any atom is 0.0643 e. The number of nitrogens with zero attached hydrogens (tertiary/aromatic N) is 3. The summed E-state index contributed by atoms with van der Waals surface area (Å²) in [5.41, 5.74) is 2.53. The summed E-state index contributed by atoms with van der Waals surface area (Å²) in [6, 6.07) is 11.3. The number of hydrogen-bond acceptors (Lipinski definition) is 3. The summed E-state index contributed by atoms with van der Waals surface area (Å²) >= 11 is 0. The average molecular weight is 257 g/mol. The van der Waals surface area contributed by atoms with Gasteiger partial charge in [-0.1, -0.05) is 19.1 Å². The first-order valence-corrected chi connectivity index (χ1v) is 6.99. The van der Waals surface area contributed by atoms with Crippen molar-refractivity contribution >= 4 is 5.69 Å². The van der Waals surface area contributed by atoms with Gasteiger partial charge in [-0.05, 0) is 37.6 Å². The van der Waals surface area contributed by atoms with E-state index in [4.69, 9.17) is 5.26 Å². The first-order chi connectivity index (χ1) is 9.10. The number of anilines is 1. The molecule has 0 bridgehead atoms. The molecule has 0 radical (unpaired) electrons. The van der Waals surface area contributed by atoms with Crippen LogP contribution in [0.5, 0.6) is 0 Å². The maximum absolute atomic E-state index is 9.09. The van der Waals surface area contributed by atoms with Crippen molar-refractivity contribution in [1.82, 2.24) is 4.90 Å². The first-order valence-electron chi connectivity index (χ1n) is 6.99. The molecule has 1 aromatic carbocycles. The van der Waals surface area contributed by atoms with Gasteiger partial charge in [0.05, 0.1) is 18.5 Å². The molecular formula is C16H23N3. The minimum atomic E-state index is 0.293. The van der Waals surface area contributed by atoms with Gasteiger partial charge in [0.25, 0.3) is 0 Å². The zero-order valence-corrected chi connectivity index (χ0v) is 12.1. The normalized spacial score (nSPS) is 24.8. The van der Waals surface area contributed by atoms with Crippen LogP contribution in [0.2, 0.25) is 0 Å². The highest BCUT2D eigenvalue weighted by atomic mass is 15.2. The molecule has 1 aromatic rings. The Morgan fingerprint density at radius 1 is 1.32 bits per heavy atom. The van der Waals surface area contributed by atoms with Gasteiger partial charge in [0, 0.05) is 25.3 Å². The molecule has 0 spiro atoms. The molecule has 1 aliphatic rings. The molecule has 0 aliphatic carbocycles. The molecule has 3 nitrogen and oxygen atoms in total. The lowest BCUT2D eigenvalue weighted by Gasteiger charge is -2.32. The Morgan fingerprint density at radius 2 is 2.11 bits per heavy atom. The molecule has 0 amide bonds. The van der Waals surface area contributed by atoms with Crippen LogP contribution in [0.15, 0.2) is 24.3 Å². The molecule has 1 saturated heterocycles. The highest BCUT2D eigenvalue weighted by Crippen LogP contribution is 2.24. The van der Waals surface area contributed by atoms with E-state index in [1.165, 1.54) is 11.3 Å². The molecule has 2 atom stereocenters. The summed E-state index contributed by atoms with van der Waals surface area (Å²) in [7, 11) is 2.15. The first kappa shape index (κ1) is 13.9. The lowest BCUT2D eigenvalue weighted by molar-refractivity contribution is 0.304. The largest absolute Gasteiger partial charge is 0.366 e. The van der Waals surface area contributed by atoms with Gasteiger partial charge in [0.2, 0.25) is 0 Å². The Balaban J connectivity index is 2.29. The average Bonchev–Trinajstić information content (AvgIpc) is 2.48. The predicted molar refractivity (Wildman–Crippen MR) is 79.2 cm³/mol. The van der Waals surface area contributed by atoms with Crippen molar-refractivity contribution in [2.75, 3.05) is 31.6 Å². The van der Waals surface area contributed by atoms with Gasteiger partial charge in [0.15, 0.2) is 0 Å². The van der Waals surface area contributed by atoms with Gasteiger partial charge in [-0.15, -0.1) is 0 Å². The standard InChI is InChI=1S/C16H23N3/c1-13-5-4-6-15(9-13)19-11-14(2)10-18(3)12-16(19)7-8-17/h4-6,9,14,16H,7,10-12H2,1-3H3. The number of benzene rings is 1. The van der Waals surface area contributed by atoms with Crippen LogP contribution in [-0.4, -0.2) is 37.6 Å². The van der Waals surface area contributed by atoms with E-state index in [1.54, 1.807) is 0 Å². The molecule has 0 aromatic heterocycles. The van der Waals surface area contributed by atoms with Gasteiger partial charge in [0.1, 0.15) is 0 Å². The fourth-order valence-corrected chi connectivity index (χ4v) is 3.01. The van der Waals surface area contributed by atoms with Gasteiger partial charge < -0.3 is 9.80 Å². The van der Waals surface area contributed by atoms with Crippen LogP contribution in [0.25, 0.3) is 0 Å². The van der Waals surface area contributed by atoms with E-state index in [-0.39, 0.29) is 0 Å². The van der Waals surface area contributed by atoms with Crippen LogP contribution in [0.4, 0.5) is 5.69 Å². The molecule has 0 saturated carbocycles. The summed E-state index contributed by atoms with van der Waals surface area (Å²) in [5.74, 6) is 0.620. The fourth-order valence-electron chi connectivity index (χ4n) is 3.01. The Bertz CT molecular complexity index is 463. The third-order valence-electron chi connectivity index (χ3n) is 3.76. The van der Waals surface area contributed by atoms with Crippen molar-refractivity contribution in [1.29, 1.82) is 5.26 Å². The zero-order valence-electron chi connectivity index (χ0n) is 12.1. The van der Waals surface area contributed by atoms with E-state index in [2.05, 4.69) is 61.0 Å². The van der Waals surface area contributed by atoms with Gasteiger partial charge >= 0.3 is 0 Å². The Morgan fingerprint density at radius 3 is 2.79 bits per heavy atom. The van der Waals surface area contributed by atoms with Gasteiger partial charge in [-0.2, -0.15) is 5.26 Å². The second-order valence-electron chi connectivity index (χ2n) is 5.83. The quantitative estimate of drug-likeness (QED) is 0.816. The Labute approximate surface area is 116 Å². The summed E-state index contributed by atoms with van der Waals surface area (Å²) in [6.07, 6.45) is 0.588. The number of likely N-dealkylation sites (N-methyl/N-ethyl adjacent to an activating group) is 1. The van der Waals surface area contributed by atoms with Crippen LogP contribution in [0.3, 0.4) is 0 Å². The van der Waals surface area contributed by atoms with Crippen LogP contribution < -0.4 is 4.90 Å². The molecule has 102 valence electrons. The summed E-state index contributed by atoms with van der Waals surface area (Å²) in [6.45, 7) is 7.50. The molecular weight excluding hydrogens is 234 g/mol. The van der Waals surface area contributed by atoms with Crippen molar-refractivity contribution in [2.45, 2.75) is 26.3 Å². The fraction of sp³-hybridized carbons (Fsp3) is 0.562. The monoisotopic (exact) mass is 257 g/mol. The van der Waals surface area contributed by atoms with Crippen LogP contribution in [0, 0.1) is 24.2 Å². The number of rotatable bonds is 2. The summed E-state index contributed by atoms with van der Waals surface area (Å²) < 4.78 is 0. The number of aryl methyl sites for hydroxylation is 1. The summed E-state index contributed by atoms with van der Waals surface area (Å²) in [5, 5.41) is 9.09. The zero-order chi connectivity index (χ0) is 13.8. The van der Waals surface area contributed by atoms with Crippen LogP contribution in [-0.2, 0) is 0 Å². The molecule has 0 N–H and O–H groups in total. The molecule has 2 rings (SSSR count). The molecule has 1 heterocycles. The lowest BCUT2D eigenvalue weighted by Crippen LogP contribution is -2.40. The topological polar surface area (TPSA) is 30.3 Å².